The third-order valence-electron chi connectivity index (χ3n) is 2.83. The van der Waals surface area contributed by atoms with E-state index in [-0.39, 0.29) is 0 Å². The molecule has 118 valence electrons. The number of hydrogen-bond acceptors (Lipinski definition) is 3. The maximum Gasteiger partial charge on any atom is 0.419 e. The summed E-state index contributed by atoms with van der Waals surface area (Å²) in [5, 5.41) is 6.41. The molecule has 0 radical (unpaired) electrons. The van der Waals surface area contributed by atoms with Crippen LogP contribution in [-0.4, -0.2) is 21.8 Å². The summed E-state index contributed by atoms with van der Waals surface area (Å²) in [6.45, 7) is 1.37. The van der Waals surface area contributed by atoms with Crippen molar-refractivity contribution >= 4 is 11.7 Å². The van der Waals surface area contributed by atoms with E-state index in [0.29, 0.717) is 5.82 Å². The van der Waals surface area contributed by atoms with E-state index in [4.69, 9.17) is 4.74 Å². The quantitative estimate of drug-likeness (QED) is 0.944. The van der Waals surface area contributed by atoms with Gasteiger partial charge in [0.1, 0.15) is 5.75 Å². The first-order valence-electron chi connectivity index (χ1n) is 6.41. The largest absolute Gasteiger partial charge is 0.480 e. The molecule has 1 aromatic heterocycles. The number of amides is 1. The molecule has 2 rings (SSSR count). The van der Waals surface area contributed by atoms with Crippen LogP contribution in [0, 0.1) is 0 Å². The highest BCUT2D eigenvalue weighted by atomic mass is 19.4. The van der Waals surface area contributed by atoms with Crippen LogP contribution in [0.1, 0.15) is 12.5 Å². The third-order valence-corrected chi connectivity index (χ3v) is 2.83. The second-order valence-electron chi connectivity index (χ2n) is 4.62. The summed E-state index contributed by atoms with van der Waals surface area (Å²) < 4.78 is 45.2. The fourth-order valence-corrected chi connectivity index (χ4v) is 1.76. The molecule has 0 aliphatic heterocycles. The van der Waals surface area contributed by atoms with Gasteiger partial charge in [-0.25, -0.2) is 0 Å². The molecular weight excluding hydrogens is 299 g/mol. The Bertz CT molecular complexity index is 667. The van der Waals surface area contributed by atoms with Crippen molar-refractivity contribution in [1.82, 2.24) is 9.78 Å². The van der Waals surface area contributed by atoms with E-state index in [2.05, 4.69) is 10.4 Å². The van der Waals surface area contributed by atoms with Crippen LogP contribution >= 0.6 is 0 Å². The fraction of sp³-hybridized carbons (Fsp3) is 0.286. The van der Waals surface area contributed by atoms with E-state index in [1.165, 1.54) is 29.8 Å². The summed E-state index contributed by atoms with van der Waals surface area (Å²) in [4.78, 5) is 11.9. The standard InChI is InChI=1S/C14H14F3N3O2/c1-9(13(21)18-12-7-8-20(2)19-12)22-11-6-4-3-5-10(11)14(15,16)17/h3-9H,1-2H3,(H,18,19,21)/t9-/m0/s1. The first-order valence-corrected chi connectivity index (χ1v) is 6.41. The maximum atomic E-state index is 12.9. The lowest BCUT2D eigenvalue weighted by Crippen LogP contribution is -2.31. The van der Waals surface area contributed by atoms with Gasteiger partial charge in [0.2, 0.25) is 0 Å². The Hall–Kier alpha value is -2.51. The molecule has 0 aliphatic rings. The predicted octanol–water partition coefficient (Wildman–Crippen LogP) is 2.84. The lowest BCUT2D eigenvalue weighted by molar-refractivity contribution is -0.140. The van der Waals surface area contributed by atoms with Gasteiger partial charge in [0.15, 0.2) is 11.9 Å². The van der Waals surface area contributed by atoms with E-state index in [1.54, 1.807) is 19.3 Å². The Morgan fingerprint density at radius 2 is 2.00 bits per heavy atom. The van der Waals surface area contributed by atoms with Gasteiger partial charge in [-0.1, -0.05) is 12.1 Å². The molecule has 1 aromatic carbocycles. The van der Waals surface area contributed by atoms with Crippen LogP contribution in [0.15, 0.2) is 36.5 Å². The molecule has 2 aromatic rings. The Morgan fingerprint density at radius 1 is 1.32 bits per heavy atom. The lowest BCUT2D eigenvalue weighted by atomic mass is 10.2. The molecule has 5 nitrogen and oxygen atoms in total. The highest BCUT2D eigenvalue weighted by Gasteiger charge is 2.34. The molecule has 1 N–H and O–H groups in total. The number of aryl methyl sites for hydroxylation is 1. The molecule has 0 saturated heterocycles. The van der Waals surface area contributed by atoms with Gasteiger partial charge in [-0.3, -0.25) is 9.48 Å². The minimum atomic E-state index is -4.55. The minimum Gasteiger partial charge on any atom is -0.480 e. The Kier molecular flexibility index (Phi) is 4.39. The van der Waals surface area contributed by atoms with Crippen LogP contribution in [0.5, 0.6) is 5.75 Å². The van der Waals surface area contributed by atoms with Crippen molar-refractivity contribution in [3.63, 3.8) is 0 Å². The molecule has 0 bridgehead atoms. The van der Waals surface area contributed by atoms with E-state index in [0.717, 1.165) is 6.07 Å². The van der Waals surface area contributed by atoms with Crippen LogP contribution in [0.2, 0.25) is 0 Å². The molecule has 22 heavy (non-hydrogen) atoms. The number of hydrogen-bond donors (Lipinski definition) is 1. The zero-order valence-electron chi connectivity index (χ0n) is 11.9. The zero-order chi connectivity index (χ0) is 16.3. The van der Waals surface area contributed by atoms with Gasteiger partial charge < -0.3 is 10.1 Å². The average molecular weight is 313 g/mol. The Morgan fingerprint density at radius 3 is 2.59 bits per heavy atom. The average Bonchev–Trinajstić information content (AvgIpc) is 2.83. The number of nitrogens with zero attached hydrogens (tertiary/aromatic N) is 2. The first-order chi connectivity index (χ1) is 10.3. The number of anilines is 1. The monoisotopic (exact) mass is 313 g/mol. The highest BCUT2D eigenvalue weighted by Crippen LogP contribution is 2.36. The van der Waals surface area contributed by atoms with Gasteiger partial charge in [0, 0.05) is 19.3 Å². The number of rotatable bonds is 4. The van der Waals surface area contributed by atoms with Gasteiger partial charge in [-0.05, 0) is 19.1 Å². The molecule has 0 unspecified atom stereocenters. The molecule has 0 saturated carbocycles. The SMILES string of the molecule is C[C@H](Oc1ccccc1C(F)(F)F)C(=O)Nc1ccn(C)n1. The summed E-state index contributed by atoms with van der Waals surface area (Å²) in [7, 11) is 1.68. The normalized spacial score (nSPS) is 12.8. The van der Waals surface area contributed by atoms with Gasteiger partial charge in [0.25, 0.3) is 5.91 Å². The minimum absolute atomic E-state index is 0.298. The summed E-state index contributed by atoms with van der Waals surface area (Å²) in [5.41, 5.74) is -0.924. The van der Waals surface area contributed by atoms with E-state index < -0.39 is 29.5 Å². The lowest BCUT2D eigenvalue weighted by Gasteiger charge is -2.17. The number of carbonyl (C=O) groups excluding carboxylic acids is 1. The van der Waals surface area contributed by atoms with Crippen LogP contribution < -0.4 is 10.1 Å². The number of halogens is 3. The smallest absolute Gasteiger partial charge is 0.419 e. The second kappa shape index (κ2) is 6.08. The predicted molar refractivity (Wildman–Crippen MR) is 73.4 cm³/mol. The molecular formula is C14H14F3N3O2. The zero-order valence-corrected chi connectivity index (χ0v) is 11.9. The van der Waals surface area contributed by atoms with E-state index >= 15 is 0 Å². The van der Waals surface area contributed by atoms with Crippen molar-refractivity contribution in [2.45, 2.75) is 19.2 Å². The molecule has 1 atom stereocenters. The fourth-order valence-electron chi connectivity index (χ4n) is 1.76. The van der Waals surface area contributed by atoms with Crippen molar-refractivity contribution in [3.05, 3.63) is 42.1 Å². The summed E-state index contributed by atoms with van der Waals surface area (Å²) in [6, 6.07) is 6.31. The van der Waals surface area contributed by atoms with Crippen LogP contribution in [0.4, 0.5) is 19.0 Å². The molecule has 8 heteroatoms. The van der Waals surface area contributed by atoms with Gasteiger partial charge in [0.05, 0.1) is 5.56 Å². The first kappa shape index (κ1) is 15.9. The summed E-state index contributed by atoms with van der Waals surface area (Å²) in [6.07, 6.45) is -4.03. The Labute approximate surface area is 124 Å². The maximum absolute atomic E-state index is 12.9. The molecule has 1 amide bonds. The van der Waals surface area contributed by atoms with Crippen molar-refractivity contribution in [2.75, 3.05) is 5.32 Å². The third kappa shape index (κ3) is 3.78. The van der Waals surface area contributed by atoms with E-state index in [9.17, 15) is 18.0 Å². The van der Waals surface area contributed by atoms with Crippen molar-refractivity contribution in [3.8, 4) is 5.75 Å². The molecule has 0 aliphatic carbocycles. The highest BCUT2D eigenvalue weighted by molar-refractivity contribution is 5.93. The molecule has 0 spiro atoms. The summed E-state index contributed by atoms with van der Waals surface area (Å²) >= 11 is 0. The number of ether oxygens (including phenoxy) is 1. The van der Waals surface area contributed by atoms with Crippen molar-refractivity contribution in [2.24, 2.45) is 7.05 Å². The van der Waals surface area contributed by atoms with Gasteiger partial charge in [-0.2, -0.15) is 18.3 Å². The number of aromatic nitrogens is 2. The number of nitrogens with one attached hydrogen (secondary N) is 1. The van der Waals surface area contributed by atoms with Gasteiger partial charge >= 0.3 is 6.18 Å². The van der Waals surface area contributed by atoms with Crippen LogP contribution in [0.25, 0.3) is 0 Å². The summed E-state index contributed by atoms with van der Waals surface area (Å²) in [5.74, 6) is -0.679. The number of alkyl halides is 3. The molecule has 1 heterocycles. The second-order valence-corrected chi connectivity index (χ2v) is 4.62. The number of carbonyl (C=O) groups is 1. The van der Waals surface area contributed by atoms with Gasteiger partial charge in [-0.15, -0.1) is 0 Å². The number of benzene rings is 1. The Balaban J connectivity index is 2.09. The van der Waals surface area contributed by atoms with Crippen molar-refractivity contribution < 1.29 is 22.7 Å². The van der Waals surface area contributed by atoms with Crippen molar-refractivity contribution in [1.29, 1.82) is 0 Å². The number of para-hydroxylation sites is 1. The topological polar surface area (TPSA) is 56.1 Å². The molecule has 0 fully saturated rings. The van der Waals surface area contributed by atoms with Crippen LogP contribution in [-0.2, 0) is 18.0 Å². The van der Waals surface area contributed by atoms with Crippen LogP contribution in [0.3, 0.4) is 0 Å². The van der Waals surface area contributed by atoms with E-state index in [1.807, 2.05) is 0 Å².